The molecule has 0 spiro atoms. The maximum absolute atomic E-state index is 10.9. The fourth-order valence-electron chi connectivity index (χ4n) is 1.72. The number of hydrogen-bond acceptors (Lipinski definition) is 6. The number of imidazole rings is 1. The van der Waals surface area contributed by atoms with Crippen molar-refractivity contribution in [3.05, 3.63) is 11.0 Å². The molecule has 0 aromatic carbocycles. The van der Waals surface area contributed by atoms with Crippen molar-refractivity contribution in [2.75, 3.05) is 5.73 Å². The second kappa shape index (κ2) is 4.73. The largest absolute Gasteiger partial charge is 0.461 e. The molecule has 2 aromatic rings. The fourth-order valence-corrected chi connectivity index (χ4v) is 1.97. The smallest absolute Gasteiger partial charge is 0.302 e. The van der Waals surface area contributed by atoms with Gasteiger partial charge in [-0.25, -0.2) is 9.97 Å². The first kappa shape index (κ1) is 12.5. The van der Waals surface area contributed by atoms with E-state index in [1.165, 1.54) is 6.92 Å². The predicted molar refractivity (Wildman–Crippen MR) is 68.4 cm³/mol. The third-order valence-corrected chi connectivity index (χ3v) is 2.61. The quantitative estimate of drug-likeness (QED) is 0.636. The lowest BCUT2D eigenvalue weighted by Gasteiger charge is -2.12. The summed E-state index contributed by atoms with van der Waals surface area (Å²) in [6.45, 7) is 3.63. The van der Waals surface area contributed by atoms with Gasteiger partial charge in [-0.1, -0.05) is 12.2 Å². The van der Waals surface area contributed by atoms with Crippen LogP contribution in [0.5, 0.6) is 0 Å². The minimum atomic E-state index is -0.318. The third kappa shape index (κ3) is 2.48. The molecule has 0 aliphatic rings. The van der Waals surface area contributed by atoms with Gasteiger partial charge in [-0.15, -0.1) is 0 Å². The number of aromatic amines is 1. The van der Waals surface area contributed by atoms with E-state index in [1.54, 1.807) is 17.8 Å². The van der Waals surface area contributed by atoms with Crippen LogP contribution in [0.4, 0.5) is 5.95 Å². The molecule has 0 saturated carbocycles. The van der Waals surface area contributed by atoms with E-state index in [2.05, 4.69) is 15.0 Å². The summed E-state index contributed by atoms with van der Waals surface area (Å²) in [6.07, 6.45) is 1.34. The predicted octanol–water partition coefficient (Wildman–Crippen LogP) is 1.02. The van der Waals surface area contributed by atoms with E-state index in [0.717, 1.165) is 0 Å². The average molecular weight is 267 g/mol. The van der Waals surface area contributed by atoms with E-state index in [1.807, 2.05) is 0 Å². The molecule has 7 nitrogen and oxygen atoms in total. The Balaban J connectivity index is 2.35. The van der Waals surface area contributed by atoms with Crippen LogP contribution in [0, 0.1) is 4.64 Å². The van der Waals surface area contributed by atoms with Crippen LogP contribution in [0.3, 0.4) is 0 Å². The van der Waals surface area contributed by atoms with Crippen molar-refractivity contribution in [2.45, 2.75) is 26.5 Å². The second-order valence-electron chi connectivity index (χ2n) is 3.94. The highest BCUT2D eigenvalue weighted by Crippen LogP contribution is 2.13. The lowest BCUT2D eigenvalue weighted by Crippen LogP contribution is -2.19. The molecule has 0 aliphatic heterocycles. The van der Waals surface area contributed by atoms with E-state index in [9.17, 15) is 4.79 Å². The Hall–Kier alpha value is -1.96. The topological polar surface area (TPSA) is 98.8 Å². The van der Waals surface area contributed by atoms with Gasteiger partial charge in [-0.2, -0.15) is 0 Å². The Morgan fingerprint density at radius 1 is 1.72 bits per heavy atom. The standard InChI is InChI=1S/C10H13N5O2S/c1-5(17-6(2)16)3-15-4-12-7-8(15)13-10(11)14-9(7)18/h4-5H,3H2,1-2H3,(H3,11,13,14,18). The van der Waals surface area contributed by atoms with Crippen LogP contribution in [0.1, 0.15) is 13.8 Å². The normalized spacial score (nSPS) is 12.6. The molecule has 2 heterocycles. The van der Waals surface area contributed by atoms with Gasteiger partial charge in [0.25, 0.3) is 0 Å². The number of nitrogens with one attached hydrogen (secondary N) is 1. The first-order valence-corrected chi connectivity index (χ1v) is 5.76. The fraction of sp³-hybridized carbons (Fsp3) is 0.400. The molecule has 8 heteroatoms. The zero-order chi connectivity index (χ0) is 13.3. The Labute approximate surface area is 108 Å². The molecular formula is C10H13N5O2S. The number of carbonyl (C=O) groups is 1. The van der Waals surface area contributed by atoms with Crippen molar-refractivity contribution >= 4 is 35.3 Å². The van der Waals surface area contributed by atoms with Crippen molar-refractivity contribution in [2.24, 2.45) is 0 Å². The Morgan fingerprint density at radius 3 is 3.11 bits per heavy atom. The summed E-state index contributed by atoms with van der Waals surface area (Å²) in [5.41, 5.74) is 6.86. The van der Waals surface area contributed by atoms with Crippen LogP contribution in [0.25, 0.3) is 11.2 Å². The zero-order valence-electron chi connectivity index (χ0n) is 10.0. The zero-order valence-corrected chi connectivity index (χ0v) is 10.8. The Kier molecular flexibility index (Phi) is 3.28. The number of rotatable bonds is 3. The summed E-state index contributed by atoms with van der Waals surface area (Å²) < 4.78 is 7.19. The van der Waals surface area contributed by atoms with Gasteiger partial charge in [0.1, 0.15) is 17.3 Å². The van der Waals surface area contributed by atoms with Crippen molar-refractivity contribution in [1.82, 2.24) is 19.5 Å². The molecule has 0 bridgehead atoms. The van der Waals surface area contributed by atoms with Crippen molar-refractivity contribution in [3.8, 4) is 0 Å². The minimum absolute atomic E-state index is 0.231. The number of aromatic nitrogens is 4. The highest BCUT2D eigenvalue weighted by atomic mass is 32.1. The molecule has 3 N–H and O–H groups in total. The van der Waals surface area contributed by atoms with Gasteiger partial charge in [0.2, 0.25) is 0 Å². The summed E-state index contributed by atoms with van der Waals surface area (Å²) in [4.78, 5) is 21.8. The molecule has 1 atom stereocenters. The number of nitrogens with zero attached hydrogens (tertiary/aromatic N) is 3. The Bertz CT molecular complexity index is 647. The maximum Gasteiger partial charge on any atom is 0.302 e. The van der Waals surface area contributed by atoms with Crippen molar-refractivity contribution in [1.29, 1.82) is 0 Å². The second-order valence-corrected chi connectivity index (χ2v) is 4.33. The number of nitrogen functional groups attached to an aromatic ring is 1. The maximum atomic E-state index is 10.9. The highest BCUT2D eigenvalue weighted by Gasteiger charge is 2.11. The van der Waals surface area contributed by atoms with Gasteiger partial charge in [0.15, 0.2) is 10.6 Å². The lowest BCUT2D eigenvalue weighted by atomic mass is 10.4. The molecule has 2 aromatic heterocycles. The van der Waals surface area contributed by atoms with Gasteiger partial charge in [0.05, 0.1) is 12.9 Å². The summed E-state index contributed by atoms with van der Waals surface area (Å²) in [7, 11) is 0. The molecule has 0 radical (unpaired) electrons. The van der Waals surface area contributed by atoms with Crippen LogP contribution in [-0.4, -0.2) is 31.6 Å². The monoisotopic (exact) mass is 267 g/mol. The molecule has 18 heavy (non-hydrogen) atoms. The number of nitrogens with two attached hydrogens (primary N) is 1. The van der Waals surface area contributed by atoms with Gasteiger partial charge in [0, 0.05) is 6.92 Å². The number of esters is 1. The van der Waals surface area contributed by atoms with E-state index >= 15 is 0 Å². The lowest BCUT2D eigenvalue weighted by molar-refractivity contribution is -0.145. The van der Waals surface area contributed by atoms with Gasteiger partial charge in [-0.05, 0) is 6.92 Å². The van der Waals surface area contributed by atoms with Crippen LogP contribution in [0.15, 0.2) is 6.33 Å². The molecule has 0 saturated heterocycles. The minimum Gasteiger partial charge on any atom is -0.461 e. The molecule has 96 valence electrons. The highest BCUT2D eigenvalue weighted by molar-refractivity contribution is 7.71. The number of fused-ring (bicyclic) bond motifs is 1. The van der Waals surface area contributed by atoms with E-state index in [4.69, 9.17) is 22.7 Å². The average Bonchev–Trinajstić information content (AvgIpc) is 2.60. The molecule has 0 amide bonds. The Morgan fingerprint density at radius 2 is 2.44 bits per heavy atom. The molecule has 1 unspecified atom stereocenters. The number of ether oxygens (including phenoxy) is 1. The number of H-pyrrole nitrogens is 1. The van der Waals surface area contributed by atoms with E-state index < -0.39 is 0 Å². The summed E-state index contributed by atoms with van der Waals surface area (Å²) >= 11 is 5.07. The summed E-state index contributed by atoms with van der Waals surface area (Å²) in [5, 5.41) is 0. The van der Waals surface area contributed by atoms with Gasteiger partial charge in [-0.3, -0.25) is 4.79 Å². The van der Waals surface area contributed by atoms with Crippen molar-refractivity contribution < 1.29 is 9.53 Å². The number of carbonyl (C=O) groups excluding carboxylic acids is 1. The van der Waals surface area contributed by atoms with Gasteiger partial charge < -0.3 is 20.0 Å². The van der Waals surface area contributed by atoms with Crippen LogP contribution < -0.4 is 5.73 Å². The SMILES string of the molecule is CC(=O)OC(C)Cn1cnc2c(=S)nc(N)[nH]c21. The number of anilines is 1. The first-order valence-electron chi connectivity index (χ1n) is 5.35. The van der Waals surface area contributed by atoms with Crippen LogP contribution in [0.2, 0.25) is 0 Å². The summed E-state index contributed by atoms with van der Waals surface area (Å²) in [5.74, 6) is -0.0876. The van der Waals surface area contributed by atoms with Crippen molar-refractivity contribution in [3.63, 3.8) is 0 Å². The molecular weight excluding hydrogens is 254 g/mol. The molecule has 0 aliphatic carbocycles. The van der Waals surface area contributed by atoms with Gasteiger partial charge >= 0.3 is 5.97 Å². The van der Waals surface area contributed by atoms with E-state index in [-0.39, 0.29) is 18.0 Å². The molecule has 2 rings (SSSR count). The third-order valence-electron chi connectivity index (χ3n) is 2.33. The number of hydrogen-bond donors (Lipinski definition) is 2. The summed E-state index contributed by atoms with van der Waals surface area (Å²) in [6, 6.07) is 0. The van der Waals surface area contributed by atoms with E-state index in [0.29, 0.717) is 22.3 Å². The van der Waals surface area contributed by atoms with Crippen LogP contribution in [-0.2, 0) is 16.1 Å². The molecule has 0 fully saturated rings. The first-order chi connectivity index (χ1) is 8.47. The van der Waals surface area contributed by atoms with Crippen LogP contribution >= 0.6 is 12.2 Å².